The number of ketones is 1. The maximum atomic E-state index is 12.5. The maximum Gasteiger partial charge on any atom is 0.266 e. The summed E-state index contributed by atoms with van der Waals surface area (Å²) in [7, 11) is 0. The van der Waals surface area contributed by atoms with E-state index in [1.165, 1.54) is 16.7 Å². The lowest BCUT2D eigenvalue weighted by molar-refractivity contribution is -0.121. The zero-order valence-corrected chi connectivity index (χ0v) is 15.7. The molecule has 1 aliphatic rings. The van der Waals surface area contributed by atoms with E-state index < -0.39 is 0 Å². The van der Waals surface area contributed by atoms with Gasteiger partial charge in [0, 0.05) is 10.0 Å². The van der Waals surface area contributed by atoms with Gasteiger partial charge in [0.15, 0.2) is 5.78 Å². The Bertz CT molecular complexity index is 832. The van der Waals surface area contributed by atoms with Crippen LogP contribution in [0.15, 0.2) is 64.0 Å². The van der Waals surface area contributed by atoms with Gasteiger partial charge >= 0.3 is 0 Å². The van der Waals surface area contributed by atoms with Crippen LogP contribution in [-0.2, 0) is 4.79 Å². The lowest BCUT2D eigenvalue weighted by Gasteiger charge is -2.13. The molecule has 0 aromatic heterocycles. The fourth-order valence-electron chi connectivity index (χ4n) is 2.21. The van der Waals surface area contributed by atoms with Crippen molar-refractivity contribution in [3.63, 3.8) is 0 Å². The summed E-state index contributed by atoms with van der Waals surface area (Å²) in [4.78, 5) is 26.7. The van der Waals surface area contributed by atoms with Crippen LogP contribution in [0, 0.1) is 0 Å². The van der Waals surface area contributed by atoms with Crippen molar-refractivity contribution in [3.8, 4) is 0 Å². The number of carbonyl (C=O) groups excluding carboxylic acids is 2. The number of amides is 1. The van der Waals surface area contributed by atoms with Gasteiger partial charge in [-0.05, 0) is 23.8 Å². The summed E-state index contributed by atoms with van der Waals surface area (Å²) in [5.41, 5.74) is 1.48. The average Bonchev–Trinajstić information content (AvgIpc) is 2.85. The quantitative estimate of drug-likeness (QED) is 0.415. The second-order valence-electron chi connectivity index (χ2n) is 5.11. The molecule has 1 fully saturated rings. The van der Waals surface area contributed by atoms with Crippen molar-refractivity contribution < 1.29 is 9.59 Å². The van der Waals surface area contributed by atoms with E-state index in [0.29, 0.717) is 14.8 Å². The highest BCUT2D eigenvalue weighted by molar-refractivity contribution is 9.10. The molecule has 120 valence electrons. The first-order valence-electron chi connectivity index (χ1n) is 7.14. The Balaban J connectivity index is 1.77. The molecule has 2 aromatic carbocycles. The van der Waals surface area contributed by atoms with E-state index in [2.05, 4.69) is 15.9 Å². The number of benzene rings is 2. The largest absolute Gasteiger partial charge is 0.292 e. The van der Waals surface area contributed by atoms with Crippen molar-refractivity contribution in [2.45, 2.75) is 0 Å². The van der Waals surface area contributed by atoms with Gasteiger partial charge in [0.05, 0.1) is 11.4 Å². The van der Waals surface area contributed by atoms with Gasteiger partial charge < -0.3 is 0 Å². The molecular weight excluding hydrogens is 406 g/mol. The van der Waals surface area contributed by atoms with Crippen LogP contribution in [0.1, 0.15) is 15.9 Å². The third-order valence-corrected chi connectivity index (χ3v) is 5.35. The second kappa shape index (κ2) is 7.42. The number of carbonyl (C=O) groups is 2. The van der Waals surface area contributed by atoms with E-state index in [0.717, 1.165) is 10.0 Å². The van der Waals surface area contributed by atoms with Crippen molar-refractivity contribution in [1.82, 2.24) is 4.90 Å². The lowest BCUT2D eigenvalue weighted by Crippen LogP contribution is -2.33. The van der Waals surface area contributed by atoms with Crippen LogP contribution in [-0.4, -0.2) is 27.5 Å². The van der Waals surface area contributed by atoms with Crippen molar-refractivity contribution in [2.75, 3.05) is 6.54 Å². The SMILES string of the molecule is O=C(CN1C(=O)/C(=C\c2ccc(Br)cc2)SC1=S)c1ccccc1. The summed E-state index contributed by atoms with van der Waals surface area (Å²) < 4.78 is 1.38. The van der Waals surface area contributed by atoms with Gasteiger partial charge in [-0.25, -0.2) is 0 Å². The molecule has 3 nitrogen and oxygen atoms in total. The smallest absolute Gasteiger partial charge is 0.266 e. The minimum Gasteiger partial charge on any atom is -0.292 e. The molecule has 1 amide bonds. The zero-order valence-electron chi connectivity index (χ0n) is 12.4. The number of halogens is 1. The molecule has 0 unspecified atom stereocenters. The highest BCUT2D eigenvalue weighted by Gasteiger charge is 2.33. The molecule has 0 N–H and O–H groups in total. The Labute approximate surface area is 157 Å². The Hall–Kier alpha value is -1.76. The van der Waals surface area contributed by atoms with Crippen molar-refractivity contribution in [1.29, 1.82) is 0 Å². The fraction of sp³-hybridized carbons (Fsp3) is 0.0556. The first-order valence-corrected chi connectivity index (χ1v) is 9.15. The second-order valence-corrected chi connectivity index (χ2v) is 7.70. The number of thioether (sulfide) groups is 1. The predicted octanol–water partition coefficient (Wildman–Crippen LogP) is 4.53. The molecule has 0 aliphatic carbocycles. The molecule has 24 heavy (non-hydrogen) atoms. The Morgan fingerprint density at radius 3 is 2.46 bits per heavy atom. The van der Waals surface area contributed by atoms with E-state index in [-0.39, 0.29) is 18.2 Å². The summed E-state index contributed by atoms with van der Waals surface area (Å²) in [6.07, 6.45) is 1.79. The summed E-state index contributed by atoms with van der Waals surface area (Å²) in [5, 5.41) is 0. The van der Waals surface area contributed by atoms with Gasteiger partial charge in [-0.15, -0.1) is 0 Å². The Morgan fingerprint density at radius 1 is 1.12 bits per heavy atom. The molecule has 0 radical (unpaired) electrons. The first-order chi connectivity index (χ1) is 11.5. The molecule has 0 spiro atoms. The number of hydrogen-bond donors (Lipinski definition) is 0. The Kier molecular flexibility index (Phi) is 5.28. The monoisotopic (exact) mass is 417 g/mol. The normalized spacial score (nSPS) is 16.0. The average molecular weight is 418 g/mol. The third kappa shape index (κ3) is 3.83. The van der Waals surface area contributed by atoms with E-state index in [4.69, 9.17) is 12.2 Å². The van der Waals surface area contributed by atoms with Crippen molar-refractivity contribution in [3.05, 3.63) is 75.1 Å². The van der Waals surface area contributed by atoms with Gasteiger partial charge in [0.2, 0.25) is 0 Å². The fourth-order valence-corrected chi connectivity index (χ4v) is 3.73. The zero-order chi connectivity index (χ0) is 17.1. The van der Waals surface area contributed by atoms with E-state index in [9.17, 15) is 9.59 Å². The third-order valence-electron chi connectivity index (χ3n) is 3.44. The van der Waals surface area contributed by atoms with Gasteiger partial charge in [0.25, 0.3) is 5.91 Å². The van der Waals surface area contributed by atoms with Crippen LogP contribution < -0.4 is 0 Å². The highest BCUT2D eigenvalue weighted by Crippen LogP contribution is 2.32. The van der Waals surface area contributed by atoms with Crippen LogP contribution in [0.4, 0.5) is 0 Å². The molecule has 1 saturated heterocycles. The van der Waals surface area contributed by atoms with Crippen molar-refractivity contribution >= 4 is 62.0 Å². The van der Waals surface area contributed by atoms with Crippen molar-refractivity contribution in [2.24, 2.45) is 0 Å². The first kappa shape index (κ1) is 17.1. The summed E-state index contributed by atoms with van der Waals surface area (Å²) in [6, 6.07) is 16.5. The van der Waals surface area contributed by atoms with E-state index >= 15 is 0 Å². The molecule has 6 heteroatoms. The minimum absolute atomic E-state index is 0.0354. The van der Waals surface area contributed by atoms with Crippen LogP contribution in [0.3, 0.4) is 0 Å². The van der Waals surface area contributed by atoms with Gasteiger partial charge in [-0.1, -0.05) is 82.4 Å². The summed E-state index contributed by atoms with van der Waals surface area (Å²) in [6.45, 7) is -0.0354. The molecular formula is C18H12BrNO2S2. The lowest BCUT2D eigenvalue weighted by atomic mass is 10.1. The van der Waals surface area contributed by atoms with Crippen LogP contribution in [0.5, 0.6) is 0 Å². The van der Waals surface area contributed by atoms with Gasteiger partial charge in [0.1, 0.15) is 4.32 Å². The number of nitrogens with zero attached hydrogens (tertiary/aromatic N) is 1. The Morgan fingerprint density at radius 2 is 1.79 bits per heavy atom. The molecule has 1 aliphatic heterocycles. The number of Topliss-reactive ketones (excluding diaryl/α,β-unsaturated/α-hetero) is 1. The molecule has 2 aromatic rings. The molecule has 0 saturated carbocycles. The molecule has 0 atom stereocenters. The number of thiocarbonyl (C=S) groups is 1. The van der Waals surface area contributed by atoms with Gasteiger partial charge in [-0.2, -0.15) is 0 Å². The topological polar surface area (TPSA) is 37.4 Å². The van der Waals surface area contributed by atoms with E-state index in [1.807, 2.05) is 30.3 Å². The van der Waals surface area contributed by atoms with Crippen LogP contribution >= 0.6 is 39.9 Å². The minimum atomic E-state index is -0.225. The predicted molar refractivity (Wildman–Crippen MR) is 105 cm³/mol. The number of hydrogen-bond acceptors (Lipinski definition) is 4. The molecule has 0 bridgehead atoms. The number of rotatable bonds is 4. The highest BCUT2D eigenvalue weighted by atomic mass is 79.9. The molecule has 3 rings (SSSR count). The van der Waals surface area contributed by atoms with Gasteiger partial charge in [-0.3, -0.25) is 14.5 Å². The summed E-state index contributed by atoms with van der Waals surface area (Å²) in [5.74, 6) is -0.353. The maximum absolute atomic E-state index is 12.5. The van der Waals surface area contributed by atoms with Crippen LogP contribution in [0.2, 0.25) is 0 Å². The standard InChI is InChI=1S/C18H12BrNO2S2/c19-14-8-6-12(7-9-14)10-16-17(22)20(18(23)24-16)11-15(21)13-4-2-1-3-5-13/h1-10H,11H2/b16-10+. The van der Waals surface area contributed by atoms with E-state index in [1.54, 1.807) is 30.3 Å². The molecule has 1 heterocycles. The van der Waals surface area contributed by atoms with Crippen LogP contribution in [0.25, 0.3) is 6.08 Å². The summed E-state index contributed by atoms with van der Waals surface area (Å²) >= 11 is 9.87.